The van der Waals surface area contributed by atoms with Gasteiger partial charge in [0.2, 0.25) is 0 Å². The molecule has 0 aliphatic heterocycles. The van der Waals surface area contributed by atoms with Crippen LogP contribution in [0, 0.1) is 17.1 Å². The van der Waals surface area contributed by atoms with E-state index in [2.05, 4.69) is 31.3 Å². The van der Waals surface area contributed by atoms with E-state index in [4.69, 9.17) is 0 Å². The van der Waals surface area contributed by atoms with Crippen molar-refractivity contribution in [3.63, 3.8) is 0 Å². The van der Waals surface area contributed by atoms with Crippen molar-refractivity contribution in [3.05, 3.63) is 82.9 Å². The predicted octanol–water partition coefficient (Wildman–Crippen LogP) is 3.41. The van der Waals surface area contributed by atoms with Crippen LogP contribution in [-0.4, -0.2) is 24.5 Å². The number of pyridine rings is 1. The molecule has 3 heterocycles. The van der Waals surface area contributed by atoms with E-state index in [-0.39, 0.29) is 22.2 Å². The number of anilines is 2. The van der Waals surface area contributed by atoms with Crippen LogP contribution in [0.1, 0.15) is 5.56 Å². The van der Waals surface area contributed by atoms with E-state index >= 15 is 0 Å². The second kappa shape index (κ2) is 6.79. The zero-order valence-corrected chi connectivity index (χ0v) is 15.3. The van der Waals surface area contributed by atoms with Crippen molar-refractivity contribution in [1.82, 2.24) is 24.5 Å². The van der Waals surface area contributed by atoms with E-state index in [1.165, 1.54) is 29.4 Å². The normalized spacial score (nSPS) is 10.9. The van der Waals surface area contributed by atoms with Gasteiger partial charge in [0.1, 0.15) is 35.1 Å². The molecule has 30 heavy (non-hydrogen) atoms. The summed E-state index contributed by atoms with van der Waals surface area (Å²) in [4.78, 5) is 28.7. The van der Waals surface area contributed by atoms with Crippen molar-refractivity contribution in [2.75, 3.05) is 5.32 Å². The third-order valence-electron chi connectivity index (χ3n) is 4.75. The van der Waals surface area contributed by atoms with Crippen LogP contribution in [-0.2, 0) is 0 Å². The molecule has 0 aliphatic carbocycles. The van der Waals surface area contributed by atoms with Crippen LogP contribution in [0.15, 0.2) is 66.0 Å². The molecule has 0 bridgehead atoms. The lowest BCUT2D eigenvalue weighted by Crippen LogP contribution is -2.23. The first-order valence-corrected chi connectivity index (χ1v) is 8.93. The molecule has 2 aromatic carbocycles. The second-order valence-electron chi connectivity index (χ2n) is 6.42. The molecule has 3 aromatic heterocycles. The first-order chi connectivity index (χ1) is 14.7. The Morgan fingerprint density at radius 1 is 1.07 bits per heavy atom. The van der Waals surface area contributed by atoms with E-state index in [9.17, 15) is 14.4 Å². The van der Waals surface area contributed by atoms with E-state index < -0.39 is 11.4 Å². The molecule has 0 unspecified atom stereocenters. The van der Waals surface area contributed by atoms with Crippen LogP contribution in [0.25, 0.3) is 27.6 Å². The monoisotopic (exact) mass is 397 g/mol. The first-order valence-electron chi connectivity index (χ1n) is 8.93. The molecular weight excluding hydrogens is 385 g/mol. The number of rotatable bonds is 3. The minimum atomic E-state index is -0.691. The summed E-state index contributed by atoms with van der Waals surface area (Å²) in [7, 11) is 0. The third-order valence-corrected chi connectivity index (χ3v) is 4.75. The summed E-state index contributed by atoms with van der Waals surface area (Å²) in [5.41, 5.74) is 0.922. The number of hydrogen-bond acceptors (Lipinski definition) is 6. The number of nitrogens with one attached hydrogen (secondary N) is 2. The maximum Gasteiger partial charge on any atom is 0.267 e. The van der Waals surface area contributed by atoms with Gasteiger partial charge >= 0.3 is 0 Å². The zero-order chi connectivity index (χ0) is 20.7. The molecule has 0 amide bonds. The summed E-state index contributed by atoms with van der Waals surface area (Å²) in [5, 5.41) is 13.1. The van der Waals surface area contributed by atoms with Crippen LogP contribution >= 0.6 is 0 Å². The molecule has 0 saturated heterocycles. The van der Waals surface area contributed by atoms with Gasteiger partial charge in [-0.25, -0.2) is 19.3 Å². The van der Waals surface area contributed by atoms with E-state index in [1.807, 2.05) is 0 Å². The number of aromatic amines is 1. The average Bonchev–Trinajstić information content (AvgIpc) is 3.25. The number of hydrogen-bond donors (Lipinski definition) is 2. The first kappa shape index (κ1) is 17.5. The van der Waals surface area contributed by atoms with Crippen molar-refractivity contribution in [2.24, 2.45) is 0 Å². The molecular formula is C21H12FN7O. The quantitative estimate of drug-likeness (QED) is 0.482. The van der Waals surface area contributed by atoms with Gasteiger partial charge < -0.3 is 10.3 Å². The Kier molecular flexibility index (Phi) is 3.96. The van der Waals surface area contributed by atoms with Crippen LogP contribution < -0.4 is 10.9 Å². The highest BCUT2D eigenvalue weighted by molar-refractivity contribution is 5.94. The lowest BCUT2D eigenvalue weighted by Gasteiger charge is -2.18. The lowest BCUT2D eigenvalue weighted by molar-refractivity contribution is 0.638. The summed E-state index contributed by atoms with van der Waals surface area (Å²) >= 11 is 0. The Morgan fingerprint density at radius 2 is 1.90 bits per heavy atom. The predicted molar refractivity (Wildman–Crippen MR) is 109 cm³/mol. The Balaban J connectivity index is 1.90. The van der Waals surface area contributed by atoms with Gasteiger partial charge in [-0.15, -0.1) is 0 Å². The summed E-state index contributed by atoms with van der Waals surface area (Å²) < 4.78 is 15.9. The molecule has 8 nitrogen and oxygen atoms in total. The number of imidazole rings is 1. The number of halogens is 1. The Morgan fingerprint density at radius 3 is 2.70 bits per heavy atom. The number of fused-ring (bicyclic) bond motifs is 2. The SMILES string of the molecule is N#Cc1c(Nc2ncnc3nc[nH]c23)n(-c2ccccc2)c(=O)c2c(F)cccc12. The number of nitrogens with zero attached hydrogens (tertiary/aromatic N) is 5. The fourth-order valence-electron chi connectivity index (χ4n) is 3.43. The smallest absolute Gasteiger partial charge is 0.267 e. The van der Waals surface area contributed by atoms with Gasteiger partial charge in [0.05, 0.1) is 17.4 Å². The van der Waals surface area contributed by atoms with Gasteiger partial charge in [-0.2, -0.15) is 5.26 Å². The average molecular weight is 397 g/mol. The topological polar surface area (TPSA) is 112 Å². The fraction of sp³-hybridized carbons (Fsp3) is 0. The minimum Gasteiger partial charge on any atom is -0.340 e. The number of H-pyrrole nitrogens is 1. The fourth-order valence-corrected chi connectivity index (χ4v) is 3.43. The van der Waals surface area contributed by atoms with Crippen molar-refractivity contribution in [1.29, 1.82) is 5.26 Å². The van der Waals surface area contributed by atoms with Crippen molar-refractivity contribution in [3.8, 4) is 11.8 Å². The van der Waals surface area contributed by atoms with E-state index in [0.29, 0.717) is 22.7 Å². The van der Waals surface area contributed by atoms with Crippen LogP contribution in [0.2, 0.25) is 0 Å². The largest absolute Gasteiger partial charge is 0.340 e. The summed E-state index contributed by atoms with van der Waals surface area (Å²) in [6, 6.07) is 15.0. The molecule has 0 saturated carbocycles. The van der Waals surface area contributed by atoms with Gasteiger partial charge in [-0.05, 0) is 18.2 Å². The number of para-hydroxylation sites is 1. The molecule has 144 valence electrons. The molecule has 0 fully saturated rings. The number of benzene rings is 2. The molecule has 0 spiro atoms. The molecule has 2 N–H and O–H groups in total. The van der Waals surface area contributed by atoms with Gasteiger partial charge in [0, 0.05) is 5.39 Å². The Labute approximate surface area is 168 Å². The second-order valence-corrected chi connectivity index (χ2v) is 6.42. The Bertz CT molecular complexity index is 1520. The van der Waals surface area contributed by atoms with E-state index in [1.54, 1.807) is 36.4 Å². The number of aromatic nitrogens is 5. The highest BCUT2D eigenvalue weighted by Crippen LogP contribution is 2.30. The molecule has 0 atom stereocenters. The van der Waals surface area contributed by atoms with Gasteiger partial charge in [0.15, 0.2) is 11.5 Å². The van der Waals surface area contributed by atoms with Crippen LogP contribution in [0.4, 0.5) is 16.0 Å². The van der Waals surface area contributed by atoms with Gasteiger partial charge in [0.25, 0.3) is 5.56 Å². The van der Waals surface area contributed by atoms with Gasteiger partial charge in [-0.3, -0.25) is 9.36 Å². The maximum absolute atomic E-state index is 14.6. The highest BCUT2D eigenvalue weighted by atomic mass is 19.1. The standard InChI is InChI=1S/C21H12FN7O/c22-15-8-4-7-13-14(9-23)20(28-19-17-18(25-10-24-17)26-11-27-19)29(21(30)16(13)15)12-5-2-1-3-6-12/h1-8,10-11H,(H2,24,25,26,27,28). The maximum atomic E-state index is 14.6. The number of nitriles is 1. The minimum absolute atomic E-state index is 0.110. The third kappa shape index (κ3) is 2.59. The molecule has 5 aromatic rings. The molecule has 0 aliphatic rings. The Hall–Kier alpha value is -4.58. The van der Waals surface area contributed by atoms with E-state index in [0.717, 1.165) is 0 Å². The lowest BCUT2D eigenvalue weighted by atomic mass is 10.1. The highest BCUT2D eigenvalue weighted by Gasteiger charge is 2.21. The van der Waals surface area contributed by atoms with Crippen LogP contribution in [0.5, 0.6) is 0 Å². The van der Waals surface area contributed by atoms with Crippen molar-refractivity contribution >= 4 is 33.6 Å². The summed E-state index contributed by atoms with van der Waals surface area (Å²) in [5.74, 6) is -0.196. The molecule has 0 radical (unpaired) electrons. The molecule has 9 heteroatoms. The van der Waals surface area contributed by atoms with Crippen molar-refractivity contribution in [2.45, 2.75) is 0 Å². The van der Waals surface area contributed by atoms with Crippen LogP contribution in [0.3, 0.4) is 0 Å². The van der Waals surface area contributed by atoms with Gasteiger partial charge in [-0.1, -0.05) is 30.3 Å². The summed E-state index contributed by atoms with van der Waals surface area (Å²) in [6.45, 7) is 0. The zero-order valence-electron chi connectivity index (χ0n) is 15.3. The summed E-state index contributed by atoms with van der Waals surface area (Å²) in [6.07, 6.45) is 2.79. The molecule has 5 rings (SSSR count). The van der Waals surface area contributed by atoms with Crippen molar-refractivity contribution < 1.29 is 4.39 Å².